The molecule has 0 atom stereocenters. The number of rotatable bonds is 3. The number of hydrogen-bond donors (Lipinski definition) is 0. The maximum absolute atomic E-state index is 13.6. The Morgan fingerprint density at radius 3 is 2.26 bits per heavy atom. The third kappa shape index (κ3) is 3.40. The molecule has 27 heavy (non-hydrogen) atoms. The lowest BCUT2D eigenvalue weighted by Crippen LogP contribution is -2.14. The number of para-hydroxylation sites is 2. The molecule has 0 saturated carbocycles. The lowest BCUT2D eigenvalue weighted by atomic mass is 10.2. The minimum Gasteiger partial charge on any atom is -0.268 e. The predicted molar refractivity (Wildman–Crippen MR) is 101 cm³/mol. The predicted octanol–water partition coefficient (Wildman–Crippen LogP) is 5.17. The van der Waals surface area contributed by atoms with Crippen LogP contribution in [0.3, 0.4) is 0 Å². The molecule has 1 aromatic heterocycles. The number of nitrogens with zero attached hydrogens (tertiary/aromatic N) is 2. The highest BCUT2D eigenvalue weighted by Crippen LogP contribution is 2.21. The van der Waals surface area contributed by atoms with Crippen molar-refractivity contribution in [1.82, 2.24) is 9.55 Å². The van der Waals surface area contributed by atoms with E-state index in [1.807, 2.05) is 42.5 Å². The van der Waals surface area contributed by atoms with E-state index in [0.717, 1.165) is 23.8 Å². The fraction of sp³-hybridized carbons (Fsp3) is 0. The van der Waals surface area contributed by atoms with Gasteiger partial charge in [0.2, 0.25) is 0 Å². The summed E-state index contributed by atoms with van der Waals surface area (Å²) in [5, 5.41) is 0. The fourth-order valence-corrected chi connectivity index (χ4v) is 2.91. The maximum Gasteiger partial charge on any atom is 0.264 e. The Balaban J connectivity index is 1.85. The number of hydrogen-bond acceptors (Lipinski definition) is 2. The largest absolute Gasteiger partial charge is 0.268 e. The van der Waals surface area contributed by atoms with Crippen molar-refractivity contribution in [2.45, 2.75) is 0 Å². The number of carbonyl (C=O) groups is 1. The van der Waals surface area contributed by atoms with Gasteiger partial charge in [0.1, 0.15) is 17.5 Å². The molecule has 4 rings (SSSR count). The molecule has 3 aromatic carbocycles. The summed E-state index contributed by atoms with van der Waals surface area (Å²) in [6, 6.07) is 19.5. The van der Waals surface area contributed by atoms with Crippen molar-refractivity contribution >= 4 is 29.1 Å². The van der Waals surface area contributed by atoms with Crippen LogP contribution in [0.1, 0.15) is 21.7 Å². The van der Waals surface area contributed by atoms with Gasteiger partial charge in [-0.1, -0.05) is 48.5 Å². The number of halogens is 2. The van der Waals surface area contributed by atoms with Crippen LogP contribution in [0.15, 0.2) is 72.8 Å². The molecule has 0 saturated heterocycles. The molecule has 1 heterocycles. The van der Waals surface area contributed by atoms with Crippen LogP contribution in [0.2, 0.25) is 0 Å². The van der Waals surface area contributed by atoms with Crippen molar-refractivity contribution in [3.8, 4) is 0 Å². The molecule has 3 nitrogen and oxygen atoms in total. The molecule has 0 fully saturated rings. The van der Waals surface area contributed by atoms with Crippen LogP contribution in [-0.4, -0.2) is 15.5 Å². The zero-order valence-electron chi connectivity index (χ0n) is 14.1. The van der Waals surface area contributed by atoms with Gasteiger partial charge in [-0.25, -0.2) is 13.8 Å². The molecule has 0 radical (unpaired) electrons. The van der Waals surface area contributed by atoms with Crippen LogP contribution in [0.4, 0.5) is 8.78 Å². The summed E-state index contributed by atoms with van der Waals surface area (Å²) < 4.78 is 28.5. The highest BCUT2D eigenvalue weighted by atomic mass is 19.1. The highest BCUT2D eigenvalue weighted by molar-refractivity contribution is 6.03. The van der Waals surface area contributed by atoms with Crippen molar-refractivity contribution < 1.29 is 13.6 Å². The van der Waals surface area contributed by atoms with E-state index < -0.39 is 17.5 Å². The van der Waals surface area contributed by atoms with E-state index in [1.165, 1.54) is 4.57 Å². The molecule has 132 valence electrons. The maximum atomic E-state index is 13.6. The van der Waals surface area contributed by atoms with Crippen molar-refractivity contribution in [3.05, 3.63) is 101 Å². The summed E-state index contributed by atoms with van der Waals surface area (Å²) in [6.07, 6.45) is 3.54. The summed E-state index contributed by atoms with van der Waals surface area (Å²) in [4.78, 5) is 17.5. The molecule has 4 aromatic rings. The number of fused-ring (bicyclic) bond motifs is 1. The quantitative estimate of drug-likeness (QED) is 0.505. The Morgan fingerprint density at radius 2 is 1.52 bits per heavy atom. The zero-order valence-corrected chi connectivity index (χ0v) is 14.1. The van der Waals surface area contributed by atoms with Gasteiger partial charge < -0.3 is 0 Å². The van der Waals surface area contributed by atoms with E-state index in [9.17, 15) is 13.6 Å². The first-order valence-corrected chi connectivity index (χ1v) is 8.33. The monoisotopic (exact) mass is 360 g/mol. The first-order chi connectivity index (χ1) is 13.1. The number of aromatic nitrogens is 2. The van der Waals surface area contributed by atoms with Crippen LogP contribution in [-0.2, 0) is 0 Å². The van der Waals surface area contributed by atoms with Crippen molar-refractivity contribution in [3.63, 3.8) is 0 Å². The normalized spacial score (nSPS) is 11.3. The van der Waals surface area contributed by atoms with E-state index >= 15 is 0 Å². The summed E-state index contributed by atoms with van der Waals surface area (Å²) in [6.45, 7) is 0. The smallest absolute Gasteiger partial charge is 0.264 e. The van der Waals surface area contributed by atoms with Crippen LogP contribution < -0.4 is 0 Å². The third-order valence-corrected chi connectivity index (χ3v) is 4.12. The molecule has 0 aliphatic heterocycles. The molecule has 0 spiro atoms. The van der Waals surface area contributed by atoms with Crippen LogP contribution in [0.5, 0.6) is 0 Å². The Morgan fingerprint density at radius 1 is 0.852 bits per heavy atom. The Kier molecular flexibility index (Phi) is 4.34. The first kappa shape index (κ1) is 16.8. The molecular formula is C22H14F2N2O. The van der Waals surface area contributed by atoms with E-state index in [1.54, 1.807) is 24.3 Å². The van der Waals surface area contributed by atoms with Crippen molar-refractivity contribution in [1.29, 1.82) is 0 Å². The van der Waals surface area contributed by atoms with Gasteiger partial charge in [-0.05, 0) is 35.9 Å². The lowest BCUT2D eigenvalue weighted by Gasteiger charge is -2.06. The molecular weight excluding hydrogens is 346 g/mol. The van der Waals surface area contributed by atoms with Gasteiger partial charge in [0.05, 0.1) is 11.0 Å². The highest BCUT2D eigenvalue weighted by Gasteiger charge is 2.18. The van der Waals surface area contributed by atoms with E-state index in [2.05, 4.69) is 4.98 Å². The second kappa shape index (κ2) is 6.96. The molecule has 0 aliphatic rings. The van der Waals surface area contributed by atoms with Gasteiger partial charge in [0.15, 0.2) is 0 Å². The SMILES string of the molecule is O=C(c1cc(F)cc(F)c1)n1c(C=Cc2ccccc2)nc2ccccc21. The van der Waals surface area contributed by atoms with Crippen LogP contribution in [0, 0.1) is 11.6 Å². The Bertz CT molecular complexity index is 1140. The van der Waals surface area contributed by atoms with E-state index in [-0.39, 0.29) is 5.56 Å². The van der Waals surface area contributed by atoms with Gasteiger partial charge in [0.25, 0.3) is 5.91 Å². The zero-order chi connectivity index (χ0) is 18.8. The summed E-state index contributed by atoms with van der Waals surface area (Å²) in [5.41, 5.74) is 2.06. The second-order valence-corrected chi connectivity index (χ2v) is 6.00. The van der Waals surface area contributed by atoms with E-state index in [0.29, 0.717) is 16.9 Å². The molecule has 5 heteroatoms. The summed E-state index contributed by atoms with van der Waals surface area (Å²) >= 11 is 0. The second-order valence-electron chi connectivity index (χ2n) is 6.00. The molecule has 0 amide bonds. The van der Waals surface area contributed by atoms with Crippen molar-refractivity contribution in [2.24, 2.45) is 0 Å². The Labute approximate surface area is 154 Å². The molecule has 0 aliphatic carbocycles. The average Bonchev–Trinajstić information content (AvgIpc) is 3.04. The number of carbonyl (C=O) groups excluding carboxylic acids is 1. The lowest BCUT2D eigenvalue weighted by molar-refractivity contribution is 0.0963. The summed E-state index contributed by atoms with van der Waals surface area (Å²) in [5.74, 6) is -1.77. The fourth-order valence-electron chi connectivity index (χ4n) is 2.91. The topological polar surface area (TPSA) is 34.9 Å². The minimum atomic E-state index is -0.802. The van der Waals surface area contributed by atoms with Gasteiger partial charge in [0, 0.05) is 11.6 Å². The van der Waals surface area contributed by atoms with Gasteiger partial charge >= 0.3 is 0 Å². The number of benzene rings is 3. The molecule has 0 unspecified atom stereocenters. The number of imidazole rings is 1. The van der Waals surface area contributed by atoms with Gasteiger partial charge in [-0.3, -0.25) is 9.36 Å². The van der Waals surface area contributed by atoms with Gasteiger partial charge in [-0.15, -0.1) is 0 Å². The van der Waals surface area contributed by atoms with E-state index in [4.69, 9.17) is 0 Å². The minimum absolute atomic E-state index is 0.0787. The Hall–Kier alpha value is -3.60. The van der Waals surface area contributed by atoms with Crippen LogP contribution >= 0.6 is 0 Å². The molecule has 0 N–H and O–H groups in total. The van der Waals surface area contributed by atoms with Gasteiger partial charge in [-0.2, -0.15) is 0 Å². The molecule has 0 bridgehead atoms. The van der Waals surface area contributed by atoms with Crippen LogP contribution in [0.25, 0.3) is 23.2 Å². The average molecular weight is 360 g/mol. The summed E-state index contributed by atoms with van der Waals surface area (Å²) in [7, 11) is 0. The first-order valence-electron chi connectivity index (χ1n) is 8.33. The third-order valence-electron chi connectivity index (χ3n) is 4.12. The van der Waals surface area contributed by atoms with Crippen molar-refractivity contribution in [2.75, 3.05) is 0 Å². The standard InChI is InChI=1S/C22H14F2N2O/c23-17-12-16(13-18(24)14-17)22(27)26-20-9-5-4-8-19(20)25-21(26)11-10-15-6-2-1-3-7-15/h1-14H.